The van der Waals surface area contributed by atoms with Crippen molar-refractivity contribution in [1.29, 1.82) is 0 Å². The molecule has 4 nitrogen and oxygen atoms in total. The van der Waals surface area contributed by atoms with Crippen LogP contribution in [0.15, 0.2) is 0 Å². The van der Waals surface area contributed by atoms with E-state index in [0.717, 1.165) is 30.2 Å². The third-order valence-corrected chi connectivity index (χ3v) is 4.71. The second kappa shape index (κ2) is 6.49. The normalized spacial score (nSPS) is 22.6. The van der Waals surface area contributed by atoms with Crippen LogP contribution in [0.2, 0.25) is 5.15 Å². The van der Waals surface area contributed by atoms with Gasteiger partial charge in [-0.25, -0.2) is 9.97 Å². The molecule has 1 saturated carbocycles. The standard InChI is InChI=1S/C16H26ClN3O/c1-10-13(17)19-15(16(2,3)4)20-14(10)18-8-11-6-5-7-12(11)9-21/h11-12,21H,5-9H2,1-4H3,(H,18,19,20). The van der Waals surface area contributed by atoms with E-state index < -0.39 is 0 Å². The van der Waals surface area contributed by atoms with Crippen molar-refractivity contribution in [3.8, 4) is 0 Å². The van der Waals surface area contributed by atoms with Crippen LogP contribution >= 0.6 is 11.6 Å². The second-order valence-electron chi connectivity index (χ2n) is 7.08. The highest BCUT2D eigenvalue weighted by atomic mass is 35.5. The highest BCUT2D eigenvalue weighted by Crippen LogP contribution is 2.32. The number of aliphatic hydroxyl groups excluding tert-OH is 1. The third-order valence-electron chi connectivity index (χ3n) is 4.34. The number of nitrogens with one attached hydrogen (secondary N) is 1. The summed E-state index contributed by atoms with van der Waals surface area (Å²) in [6.07, 6.45) is 3.50. The summed E-state index contributed by atoms with van der Waals surface area (Å²) < 4.78 is 0. The number of rotatable bonds is 4. The molecule has 5 heteroatoms. The van der Waals surface area contributed by atoms with Gasteiger partial charge in [-0.2, -0.15) is 0 Å². The van der Waals surface area contributed by atoms with Crippen LogP contribution in [-0.2, 0) is 5.41 Å². The van der Waals surface area contributed by atoms with Gasteiger partial charge < -0.3 is 10.4 Å². The molecule has 1 aliphatic rings. The zero-order valence-corrected chi connectivity index (χ0v) is 14.2. The number of aromatic nitrogens is 2. The van der Waals surface area contributed by atoms with E-state index in [-0.39, 0.29) is 12.0 Å². The van der Waals surface area contributed by atoms with Gasteiger partial charge in [0.05, 0.1) is 0 Å². The summed E-state index contributed by atoms with van der Waals surface area (Å²) in [7, 11) is 0. The number of halogens is 1. The van der Waals surface area contributed by atoms with Crippen LogP contribution < -0.4 is 5.32 Å². The molecule has 0 spiro atoms. The summed E-state index contributed by atoms with van der Waals surface area (Å²) in [5.74, 6) is 2.51. The van der Waals surface area contributed by atoms with Crippen molar-refractivity contribution in [2.75, 3.05) is 18.5 Å². The molecule has 118 valence electrons. The summed E-state index contributed by atoms with van der Waals surface area (Å²) in [5.41, 5.74) is 0.762. The summed E-state index contributed by atoms with van der Waals surface area (Å²) in [4.78, 5) is 9.04. The van der Waals surface area contributed by atoms with Gasteiger partial charge in [0.1, 0.15) is 16.8 Å². The zero-order valence-electron chi connectivity index (χ0n) is 13.4. The average Bonchev–Trinajstić information content (AvgIpc) is 2.86. The summed E-state index contributed by atoms with van der Waals surface area (Å²) >= 11 is 6.25. The Kier molecular flexibility index (Phi) is 5.10. The minimum absolute atomic E-state index is 0.130. The van der Waals surface area contributed by atoms with E-state index >= 15 is 0 Å². The Morgan fingerprint density at radius 1 is 1.24 bits per heavy atom. The maximum absolute atomic E-state index is 9.41. The van der Waals surface area contributed by atoms with Crippen LogP contribution in [0.4, 0.5) is 5.82 Å². The molecule has 21 heavy (non-hydrogen) atoms. The van der Waals surface area contributed by atoms with Gasteiger partial charge in [-0.1, -0.05) is 38.8 Å². The van der Waals surface area contributed by atoms with Gasteiger partial charge in [-0.15, -0.1) is 0 Å². The Labute approximate surface area is 132 Å². The molecule has 2 atom stereocenters. The van der Waals surface area contributed by atoms with Crippen molar-refractivity contribution in [2.24, 2.45) is 11.8 Å². The van der Waals surface area contributed by atoms with E-state index in [4.69, 9.17) is 11.6 Å². The van der Waals surface area contributed by atoms with Crippen molar-refractivity contribution >= 4 is 17.4 Å². The molecule has 1 aromatic heterocycles. The monoisotopic (exact) mass is 311 g/mol. The minimum atomic E-state index is -0.130. The molecule has 0 aromatic carbocycles. The van der Waals surface area contributed by atoms with Gasteiger partial charge >= 0.3 is 0 Å². The van der Waals surface area contributed by atoms with Crippen LogP contribution in [0.5, 0.6) is 0 Å². The average molecular weight is 312 g/mol. The quantitative estimate of drug-likeness (QED) is 0.835. The smallest absolute Gasteiger partial charge is 0.137 e. The van der Waals surface area contributed by atoms with Gasteiger partial charge in [-0.05, 0) is 31.6 Å². The summed E-state index contributed by atoms with van der Waals surface area (Å²) in [6.45, 7) is 9.30. The molecule has 1 fully saturated rings. The van der Waals surface area contributed by atoms with Crippen molar-refractivity contribution in [3.05, 3.63) is 16.5 Å². The summed E-state index contributed by atoms with van der Waals surface area (Å²) in [5, 5.41) is 13.4. The first kappa shape index (κ1) is 16.5. The number of hydrogen-bond donors (Lipinski definition) is 2. The molecule has 1 aromatic rings. The molecule has 2 N–H and O–H groups in total. The van der Waals surface area contributed by atoms with Gasteiger partial charge in [-0.3, -0.25) is 0 Å². The Bertz CT molecular complexity index is 499. The van der Waals surface area contributed by atoms with Crippen LogP contribution in [0.25, 0.3) is 0 Å². The number of anilines is 1. The molecule has 2 rings (SSSR count). The van der Waals surface area contributed by atoms with Gasteiger partial charge in [0.2, 0.25) is 0 Å². The highest BCUT2D eigenvalue weighted by Gasteiger charge is 2.27. The Hall–Kier alpha value is -0.870. The van der Waals surface area contributed by atoms with Crippen LogP contribution in [0, 0.1) is 18.8 Å². The molecule has 1 aliphatic carbocycles. The predicted octanol–water partition coefficient (Wildman–Crippen LogP) is 3.56. The SMILES string of the molecule is Cc1c(Cl)nc(C(C)(C)C)nc1NCC1CCCC1CO. The molecule has 1 heterocycles. The fourth-order valence-corrected chi connectivity index (χ4v) is 3.02. The fraction of sp³-hybridized carbons (Fsp3) is 0.750. The molecule has 0 bridgehead atoms. The zero-order chi connectivity index (χ0) is 15.6. The first-order valence-corrected chi connectivity index (χ1v) is 8.10. The lowest BCUT2D eigenvalue weighted by molar-refractivity contribution is 0.199. The lowest BCUT2D eigenvalue weighted by atomic mass is 9.95. The van der Waals surface area contributed by atoms with Gasteiger partial charge in [0, 0.05) is 24.1 Å². The van der Waals surface area contributed by atoms with E-state index in [2.05, 4.69) is 36.1 Å². The maximum atomic E-state index is 9.41. The Morgan fingerprint density at radius 2 is 1.90 bits per heavy atom. The Morgan fingerprint density at radius 3 is 2.52 bits per heavy atom. The van der Waals surface area contributed by atoms with Crippen molar-refractivity contribution < 1.29 is 5.11 Å². The fourth-order valence-electron chi connectivity index (χ4n) is 2.85. The van der Waals surface area contributed by atoms with Crippen molar-refractivity contribution in [3.63, 3.8) is 0 Å². The molecule has 0 saturated heterocycles. The molecule has 2 unspecified atom stereocenters. The largest absolute Gasteiger partial charge is 0.396 e. The van der Waals surface area contributed by atoms with Gasteiger partial charge in [0.15, 0.2) is 0 Å². The van der Waals surface area contributed by atoms with Crippen LogP contribution in [-0.4, -0.2) is 28.2 Å². The lowest BCUT2D eigenvalue weighted by Crippen LogP contribution is -2.23. The van der Waals surface area contributed by atoms with Crippen LogP contribution in [0.1, 0.15) is 51.4 Å². The molecule has 0 amide bonds. The minimum Gasteiger partial charge on any atom is -0.396 e. The second-order valence-corrected chi connectivity index (χ2v) is 7.43. The van der Waals surface area contributed by atoms with E-state index in [1.54, 1.807) is 0 Å². The van der Waals surface area contributed by atoms with E-state index in [9.17, 15) is 5.11 Å². The van der Waals surface area contributed by atoms with Gasteiger partial charge in [0.25, 0.3) is 0 Å². The molecule has 0 aliphatic heterocycles. The number of nitrogens with zero attached hydrogens (tertiary/aromatic N) is 2. The first-order chi connectivity index (χ1) is 9.82. The molecular weight excluding hydrogens is 286 g/mol. The number of hydrogen-bond acceptors (Lipinski definition) is 4. The molecule has 0 radical (unpaired) electrons. The number of aliphatic hydroxyl groups is 1. The highest BCUT2D eigenvalue weighted by molar-refractivity contribution is 6.30. The van der Waals surface area contributed by atoms with E-state index in [0.29, 0.717) is 17.0 Å². The van der Waals surface area contributed by atoms with Crippen LogP contribution in [0.3, 0.4) is 0 Å². The first-order valence-electron chi connectivity index (χ1n) is 7.72. The molecular formula is C16H26ClN3O. The summed E-state index contributed by atoms with van der Waals surface area (Å²) in [6, 6.07) is 0. The van der Waals surface area contributed by atoms with E-state index in [1.165, 1.54) is 12.8 Å². The van der Waals surface area contributed by atoms with E-state index in [1.807, 2.05) is 6.92 Å². The topological polar surface area (TPSA) is 58.0 Å². The maximum Gasteiger partial charge on any atom is 0.137 e. The van der Waals surface area contributed by atoms with Crippen molar-refractivity contribution in [2.45, 2.75) is 52.4 Å². The lowest BCUT2D eigenvalue weighted by Gasteiger charge is -2.22. The third kappa shape index (κ3) is 3.86. The predicted molar refractivity (Wildman–Crippen MR) is 86.9 cm³/mol. The Balaban J connectivity index is 2.14. The van der Waals surface area contributed by atoms with Crippen molar-refractivity contribution in [1.82, 2.24) is 9.97 Å².